The second-order valence-electron chi connectivity index (χ2n) is 5.85. The summed E-state index contributed by atoms with van der Waals surface area (Å²) in [4.78, 5) is 33.3. The number of aromatic amines is 1. The number of fused-ring (bicyclic) bond motifs is 1. The number of imidazole rings is 1. The largest absolute Gasteiger partial charge is 0.342 e. The third kappa shape index (κ3) is 2.93. The number of H-pyrrole nitrogens is 1. The molecule has 0 unspecified atom stereocenters. The van der Waals surface area contributed by atoms with Crippen molar-refractivity contribution in [3.63, 3.8) is 0 Å². The maximum absolute atomic E-state index is 12.3. The van der Waals surface area contributed by atoms with Gasteiger partial charge in [0, 0.05) is 31.7 Å². The number of aromatic nitrogens is 4. The van der Waals surface area contributed by atoms with Crippen LogP contribution in [0.2, 0.25) is 0 Å². The molecule has 0 aliphatic carbocycles. The number of aryl methyl sites for hydroxylation is 1. The van der Waals surface area contributed by atoms with Crippen molar-refractivity contribution in [2.45, 2.75) is 32.7 Å². The van der Waals surface area contributed by atoms with Crippen LogP contribution in [-0.4, -0.2) is 32.2 Å². The summed E-state index contributed by atoms with van der Waals surface area (Å²) in [5.41, 5.74) is -0.0670. The second-order valence-corrected chi connectivity index (χ2v) is 6.45. The molecule has 0 saturated carbocycles. The summed E-state index contributed by atoms with van der Waals surface area (Å²) in [5, 5.41) is 0.651. The highest BCUT2D eigenvalue weighted by Crippen LogP contribution is 2.23. The molecular weight excluding hydrogens is 318 g/mol. The van der Waals surface area contributed by atoms with E-state index >= 15 is 0 Å². The van der Waals surface area contributed by atoms with Crippen LogP contribution in [0.4, 0.5) is 5.95 Å². The minimum atomic E-state index is -0.457. The molecule has 1 aliphatic heterocycles. The maximum Gasteiger partial charge on any atom is 0.329 e. The van der Waals surface area contributed by atoms with Gasteiger partial charge in [-0.05, 0) is 26.2 Å². The lowest BCUT2D eigenvalue weighted by Crippen LogP contribution is -2.32. The molecule has 0 amide bonds. The van der Waals surface area contributed by atoms with Gasteiger partial charge in [-0.25, -0.2) is 4.79 Å². The molecule has 23 heavy (non-hydrogen) atoms. The van der Waals surface area contributed by atoms with E-state index in [0.717, 1.165) is 31.9 Å². The lowest BCUT2D eigenvalue weighted by Gasteiger charge is -2.27. The second kappa shape index (κ2) is 6.23. The van der Waals surface area contributed by atoms with Gasteiger partial charge in [0.1, 0.15) is 0 Å². The molecule has 1 fully saturated rings. The van der Waals surface area contributed by atoms with E-state index in [9.17, 15) is 9.59 Å². The van der Waals surface area contributed by atoms with Crippen molar-refractivity contribution in [1.82, 2.24) is 19.1 Å². The van der Waals surface area contributed by atoms with E-state index in [1.807, 2.05) is 10.6 Å². The normalized spacial score (nSPS) is 16.3. The van der Waals surface area contributed by atoms with Gasteiger partial charge in [-0.1, -0.05) is 17.7 Å². The van der Waals surface area contributed by atoms with Crippen LogP contribution in [0.25, 0.3) is 11.2 Å². The first kappa shape index (κ1) is 15.9. The molecule has 2 aromatic heterocycles. The lowest BCUT2D eigenvalue weighted by atomic mass is 10.1. The fraction of sp³-hybridized carbons (Fsp3) is 0.533. The molecule has 0 atom stereocenters. The van der Waals surface area contributed by atoms with Gasteiger partial charge < -0.3 is 9.47 Å². The maximum atomic E-state index is 12.3. The Kier molecular flexibility index (Phi) is 4.30. The van der Waals surface area contributed by atoms with Crippen molar-refractivity contribution in [3.05, 3.63) is 31.9 Å². The first-order valence-corrected chi connectivity index (χ1v) is 8.13. The molecule has 2 aromatic rings. The number of piperidine rings is 1. The number of allylic oxidation sites excluding steroid dienone is 2. The summed E-state index contributed by atoms with van der Waals surface area (Å²) >= 11 is 5.95. The van der Waals surface area contributed by atoms with Crippen LogP contribution < -0.4 is 16.1 Å². The van der Waals surface area contributed by atoms with E-state index in [2.05, 4.69) is 14.9 Å². The lowest BCUT2D eigenvalue weighted by molar-refractivity contribution is 0.560. The molecule has 0 radical (unpaired) electrons. The Hall–Kier alpha value is -2.02. The van der Waals surface area contributed by atoms with Gasteiger partial charge in [0.05, 0.1) is 0 Å². The molecule has 0 bridgehead atoms. The minimum absolute atomic E-state index is 0.403. The van der Waals surface area contributed by atoms with Crippen LogP contribution in [0, 0.1) is 0 Å². The fourth-order valence-corrected chi connectivity index (χ4v) is 3.02. The minimum Gasteiger partial charge on any atom is -0.342 e. The topological polar surface area (TPSA) is 75.9 Å². The highest BCUT2D eigenvalue weighted by atomic mass is 35.5. The Balaban J connectivity index is 2.24. The zero-order valence-corrected chi connectivity index (χ0v) is 14.1. The Morgan fingerprint density at radius 2 is 2.00 bits per heavy atom. The fourth-order valence-electron chi connectivity index (χ4n) is 2.95. The predicted octanol–water partition coefficient (Wildman–Crippen LogP) is 1.56. The number of nitrogens with one attached hydrogen (secondary N) is 1. The van der Waals surface area contributed by atoms with Crippen molar-refractivity contribution in [3.8, 4) is 0 Å². The number of rotatable bonds is 3. The quantitative estimate of drug-likeness (QED) is 0.922. The Morgan fingerprint density at radius 3 is 2.65 bits per heavy atom. The number of halogens is 1. The first-order chi connectivity index (χ1) is 11.0. The number of hydrogen-bond donors (Lipinski definition) is 1. The van der Waals surface area contributed by atoms with Gasteiger partial charge in [0.25, 0.3) is 5.56 Å². The molecule has 124 valence electrons. The van der Waals surface area contributed by atoms with Crippen LogP contribution in [0.5, 0.6) is 0 Å². The molecule has 0 aromatic carbocycles. The molecule has 0 spiro atoms. The van der Waals surface area contributed by atoms with Gasteiger partial charge in [0.2, 0.25) is 5.95 Å². The van der Waals surface area contributed by atoms with Gasteiger partial charge in [0.15, 0.2) is 11.2 Å². The molecule has 1 N–H and O–H groups in total. The van der Waals surface area contributed by atoms with Crippen LogP contribution in [0.15, 0.2) is 20.7 Å². The van der Waals surface area contributed by atoms with Gasteiger partial charge in [-0.15, -0.1) is 0 Å². The van der Waals surface area contributed by atoms with Crippen molar-refractivity contribution < 1.29 is 0 Å². The van der Waals surface area contributed by atoms with E-state index in [1.54, 1.807) is 14.0 Å². The molecule has 3 rings (SSSR count). The number of hydrogen-bond acceptors (Lipinski definition) is 4. The first-order valence-electron chi connectivity index (χ1n) is 7.76. The van der Waals surface area contributed by atoms with E-state index < -0.39 is 11.2 Å². The van der Waals surface area contributed by atoms with Gasteiger partial charge in [-0.2, -0.15) is 4.98 Å². The molecule has 1 aliphatic rings. The number of anilines is 1. The summed E-state index contributed by atoms with van der Waals surface area (Å²) in [7, 11) is 1.61. The third-order valence-electron chi connectivity index (χ3n) is 4.18. The van der Waals surface area contributed by atoms with Crippen LogP contribution in [0.1, 0.15) is 26.2 Å². The zero-order valence-electron chi connectivity index (χ0n) is 13.3. The van der Waals surface area contributed by atoms with Crippen molar-refractivity contribution in [1.29, 1.82) is 0 Å². The molecule has 3 heterocycles. The van der Waals surface area contributed by atoms with Crippen molar-refractivity contribution in [2.75, 3.05) is 18.0 Å². The highest BCUT2D eigenvalue weighted by molar-refractivity contribution is 6.29. The third-order valence-corrected chi connectivity index (χ3v) is 4.34. The summed E-state index contributed by atoms with van der Waals surface area (Å²) in [5.74, 6) is 0.723. The Morgan fingerprint density at radius 1 is 1.30 bits per heavy atom. The van der Waals surface area contributed by atoms with Gasteiger partial charge in [-0.3, -0.25) is 14.3 Å². The van der Waals surface area contributed by atoms with Crippen molar-refractivity contribution in [2.24, 2.45) is 7.05 Å². The molecule has 7 nitrogen and oxygen atoms in total. The highest BCUT2D eigenvalue weighted by Gasteiger charge is 2.22. The SMILES string of the molecule is CC(Cl)=CCn1c(N2CCCCC2)nc2c1c(=O)[nH]c(=O)n2C. The standard InChI is InChI=1S/C15H20ClN5O2/c1-10(16)6-9-21-11-12(19(2)15(23)18-13(11)22)17-14(21)20-7-4-3-5-8-20/h6H,3-5,7-9H2,1-2H3,(H,18,22,23). The predicted molar refractivity (Wildman–Crippen MR) is 91.3 cm³/mol. The smallest absolute Gasteiger partial charge is 0.329 e. The summed E-state index contributed by atoms with van der Waals surface area (Å²) in [6, 6.07) is 0. The van der Waals surface area contributed by atoms with E-state index in [4.69, 9.17) is 11.6 Å². The Bertz CT molecular complexity index is 866. The van der Waals surface area contributed by atoms with Crippen molar-refractivity contribution >= 4 is 28.7 Å². The monoisotopic (exact) mass is 337 g/mol. The number of nitrogens with zero attached hydrogens (tertiary/aromatic N) is 4. The van der Waals surface area contributed by atoms with Crippen LogP contribution in [-0.2, 0) is 13.6 Å². The summed E-state index contributed by atoms with van der Waals surface area (Å²) < 4.78 is 3.21. The van der Waals surface area contributed by atoms with E-state index in [0.29, 0.717) is 22.7 Å². The van der Waals surface area contributed by atoms with E-state index in [-0.39, 0.29) is 0 Å². The average Bonchev–Trinajstić information content (AvgIpc) is 2.91. The average molecular weight is 338 g/mol. The molecule has 1 saturated heterocycles. The zero-order chi connectivity index (χ0) is 16.6. The molecular formula is C15H20ClN5O2. The Labute approximate surface area is 138 Å². The summed E-state index contributed by atoms with van der Waals surface area (Å²) in [6.45, 7) is 4.04. The van der Waals surface area contributed by atoms with E-state index in [1.165, 1.54) is 11.0 Å². The van der Waals surface area contributed by atoms with Crippen LogP contribution >= 0.6 is 11.6 Å². The van der Waals surface area contributed by atoms with Gasteiger partial charge >= 0.3 is 5.69 Å². The summed E-state index contributed by atoms with van der Waals surface area (Å²) in [6.07, 6.45) is 5.24. The molecule has 8 heteroatoms. The van der Waals surface area contributed by atoms with Crippen LogP contribution in [0.3, 0.4) is 0 Å².